The Morgan fingerprint density at radius 1 is 0.962 bits per heavy atom. The van der Waals surface area contributed by atoms with Crippen LogP contribution in [0.4, 0.5) is 4.79 Å². The van der Waals surface area contributed by atoms with Crippen molar-refractivity contribution >= 4 is 12.0 Å². The first-order valence-electron chi connectivity index (χ1n) is 8.67. The molecule has 2 amide bonds. The summed E-state index contributed by atoms with van der Waals surface area (Å²) in [7, 11) is 0. The van der Waals surface area contributed by atoms with E-state index in [0.29, 0.717) is 13.0 Å². The number of fused-ring (bicyclic) bond motifs is 3. The molecule has 0 radical (unpaired) electrons. The summed E-state index contributed by atoms with van der Waals surface area (Å²) < 4.78 is 5.35. The van der Waals surface area contributed by atoms with Crippen molar-refractivity contribution < 1.29 is 19.4 Å². The van der Waals surface area contributed by atoms with Crippen LogP contribution in [0.25, 0.3) is 11.1 Å². The van der Waals surface area contributed by atoms with Crippen molar-refractivity contribution in [1.29, 1.82) is 0 Å². The largest absolute Gasteiger partial charge is 0.449 e. The number of ether oxygens (including phenoxy) is 1. The van der Waals surface area contributed by atoms with E-state index in [-0.39, 0.29) is 31.6 Å². The van der Waals surface area contributed by atoms with Crippen molar-refractivity contribution in [3.05, 3.63) is 59.7 Å². The number of amides is 2. The normalized spacial score (nSPS) is 12.2. The predicted octanol–water partition coefficient (Wildman–Crippen LogP) is 2.02. The van der Waals surface area contributed by atoms with Crippen LogP contribution in [0.1, 0.15) is 23.5 Å². The zero-order valence-electron chi connectivity index (χ0n) is 14.4. The molecule has 136 valence electrons. The van der Waals surface area contributed by atoms with Gasteiger partial charge in [0.1, 0.15) is 6.61 Å². The molecule has 0 saturated heterocycles. The van der Waals surface area contributed by atoms with Gasteiger partial charge in [0, 0.05) is 19.1 Å². The molecule has 3 N–H and O–H groups in total. The van der Waals surface area contributed by atoms with Crippen LogP contribution in [-0.2, 0) is 9.53 Å². The maximum atomic E-state index is 11.9. The number of nitrogens with one attached hydrogen (secondary N) is 2. The van der Waals surface area contributed by atoms with Gasteiger partial charge in [-0.3, -0.25) is 4.79 Å². The number of carbonyl (C=O) groups excluding carboxylic acids is 2. The molecule has 2 aromatic rings. The number of hydrogen-bond acceptors (Lipinski definition) is 4. The molecule has 0 aromatic heterocycles. The average molecular weight is 354 g/mol. The number of benzene rings is 2. The maximum Gasteiger partial charge on any atom is 0.407 e. The molecule has 1 aliphatic rings. The number of alkyl carbamates (subject to hydrolysis) is 1. The summed E-state index contributed by atoms with van der Waals surface area (Å²) in [6.45, 7) is 0.454. The molecule has 0 spiro atoms. The van der Waals surface area contributed by atoms with E-state index in [2.05, 4.69) is 34.9 Å². The molecule has 26 heavy (non-hydrogen) atoms. The minimum Gasteiger partial charge on any atom is -0.449 e. The fourth-order valence-electron chi connectivity index (χ4n) is 3.17. The summed E-state index contributed by atoms with van der Waals surface area (Å²) in [6.07, 6.45) is -0.138. The summed E-state index contributed by atoms with van der Waals surface area (Å²) in [5.74, 6) is -0.321. The quantitative estimate of drug-likeness (QED) is 0.664. The molecule has 0 aliphatic heterocycles. The van der Waals surface area contributed by atoms with E-state index in [1.165, 1.54) is 11.1 Å². The maximum absolute atomic E-state index is 11.9. The minimum atomic E-state index is -0.621. The van der Waals surface area contributed by atoms with Crippen molar-refractivity contribution in [2.24, 2.45) is 0 Å². The van der Waals surface area contributed by atoms with Gasteiger partial charge in [0.25, 0.3) is 0 Å². The number of aliphatic hydroxyl groups is 1. The van der Waals surface area contributed by atoms with Crippen LogP contribution in [0.2, 0.25) is 0 Å². The van der Waals surface area contributed by atoms with Crippen molar-refractivity contribution in [2.45, 2.75) is 12.3 Å². The zero-order chi connectivity index (χ0) is 18.4. The highest BCUT2D eigenvalue weighted by molar-refractivity contribution is 5.82. The van der Waals surface area contributed by atoms with Crippen LogP contribution in [0.5, 0.6) is 0 Å². The summed E-state index contributed by atoms with van der Waals surface area (Å²) in [6, 6.07) is 16.2. The lowest BCUT2D eigenvalue weighted by Crippen LogP contribution is -2.38. The van der Waals surface area contributed by atoms with Crippen molar-refractivity contribution in [2.75, 3.05) is 26.3 Å². The monoisotopic (exact) mass is 354 g/mol. The van der Waals surface area contributed by atoms with Gasteiger partial charge in [-0.25, -0.2) is 4.79 Å². The van der Waals surface area contributed by atoms with E-state index in [1.54, 1.807) is 0 Å². The number of aliphatic hydroxyl groups excluding tert-OH is 1. The van der Waals surface area contributed by atoms with E-state index in [1.807, 2.05) is 24.3 Å². The Morgan fingerprint density at radius 3 is 2.19 bits per heavy atom. The third kappa shape index (κ3) is 4.03. The molecule has 0 heterocycles. The Balaban J connectivity index is 1.55. The summed E-state index contributed by atoms with van der Waals surface area (Å²) in [5.41, 5.74) is 4.62. The second-order valence-corrected chi connectivity index (χ2v) is 6.11. The van der Waals surface area contributed by atoms with E-state index < -0.39 is 6.09 Å². The Morgan fingerprint density at radius 2 is 1.58 bits per heavy atom. The fourth-order valence-corrected chi connectivity index (χ4v) is 3.17. The number of rotatable bonds is 7. The van der Waals surface area contributed by atoms with Gasteiger partial charge in [0.05, 0.1) is 6.54 Å². The van der Waals surface area contributed by atoms with Crippen molar-refractivity contribution in [3.63, 3.8) is 0 Å². The van der Waals surface area contributed by atoms with Crippen molar-refractivity contribution in [3.8, 4) is 11.1 Å². The summed E-state index contributed by atoms with van der Waals surface area (Å²) in [4.78, 5) is 23.5. The SMILES string of the molecule is O=C(CNC(=O)OCC1c2ccccc2-c2ccccc21)NCCCO. The van der Waals surface area contributed by atoms with Gasteiger partial charge >= 0.3 is 6.09 Å². The first-order chi connectivity index (χ1) is 12.7. The van der Waals surface area contributed by atoms with Crippen LogP contribution in [0.15, 0.2) is 48.5 Å². The van der Waals surface area contributed by atoms with E-state index in [9.17, 15) is 9.59 Å². The summed E-state index contributed by atoms with van der Waals surface area (Å²) >= 11 is 0. The van der Waals surface area contributed by atoms with Gasteiger partial charge in [-0.15, -0.1) is 0 Å². The topological polar surface area (TPSA) is 87.7 Å². The van der Waals surface area contributed by atoms with Crippen LogP contribution in [0, 0.1) is 0 Å². The standard InChI is InChI=1S/C20H22N2O4/c23-11-5-10-21-19(24)12-22-20(25)26-13-18-16-8-3-1-6-14(16)15-7-2-4-9-17(15)18/h1-4,6-9,18,23H,5,10-13H2,(H,21,24)(H,22,25). The molecule has 1 aliphatic carbocycles. The Bertz CT molecular complexity index is 745. The van der Waals surface area contributed by atoms with Crippen LogP contribution in [-0.4, -0.2) is 43.4 Å². The predicted molar refractivity (Wildman–Crippen MR) is 97.8 cm³/mol. The number of hydrogen-bond donors (Lipinski definition) is 3. The Labute approximate surface area is 152 Å². The van der Waals surface area contributed by atoms with Gasteiger partial charge in [0.2, 0.25) is 5.91 Å². The zero-order valence-corrected chi connectivity index (χ0v) is 14.4. The van der Waals surface area contributed by atoms with Gasteiger partial charge in [-0.05, 0) is 28.7 Å². The first-order valence-corrected chi connectivity index (χ1v) is 8.67. The minimum absolute atomic E-state index is 0.00784. The van der Waals surface area contributed by atoms with Crippen LogP contribution >= 0.6 is 0 Å². The van der Waals surface area contributed by atoms with Gasteiger partial charge in [-0.1, -0.05) is 48.5 Å². The third-order valence-electron chi connectivity index (χ3n) is 4.39. The lowest BCUT2D eigenvalue weighted by atomic mass is 9.98. The second-order valence-electron chi connectivity index (χ2n) is 6.11. The molecular formula is C20H22N2O4. The van der Waals surface area contributed by atoms with Crippen LogP contribution < -0.4 is 10.6 Å². The molecule has 0 saturated carbocycles. The van der Waals surface area contributed by atoms with Gasteiger partial charge in [0.15, 0.2) is 0 Å². The van der Waals surface area contributed by atoms with E-state index >= 15 is 0 Å². The molecule has 0 bridgehead atoms. The number of carbonyl (C=O) groups is 2. The fraction of sp³-hybridized carbons (Fsp3) is 0.300. The Kier molecular flexibility index (Phi) is 5.86. The van der Waals surface area contributed by atoms with E-state index in [4.69, 9.17) is 9.84 Å². The smallest absolute Gasteiger partial charge is 0.407 e. The molecule has 6 nitrogen and oxygen atoms in total. The highest BCUT2D eigenvalue weighted by Crippen LogP contribution is 2.44. The highest BCUT2D eigenvalue weighted by Gasteiger charge is 2.28. The molecule has 0 unspecified atom stereocenters. The molecule has 3 rings (SSSR count). The molecule has 0 fully saturated rings. The first kappa shape index (κ1) is 17.9. The molecule has 2 aromatic carbocycles. The second kappa shape index (κ2) is 8.49. The summed E-state index contributed by atoms with van der Waals surface area (Å²) in [5, 5.41) is 13.7. The highest BCUT2D eigenvalue weighted by atomic mass is 16.5. The average Bonchev–Trinajstić information content (AvgIpc) is 2.99. The molecule has 6 heteroatoms. The molecular weight excluding hydrogens is 332 g/mol. The Hall–Kier alpha value is -2.86. The van der Waals surface area contributed by atoms with Gasteiger partial charge in [-0.2, -0.15) is 0 Å². The van der Waals surface area contributed by atoms with Crippen molar-refractivity contribution in [1.82, 2.24) is 10.6 Å². The molecule has 0 atom stereocenters. The lowest BCUT2D eigenvalue weighted by Gasteiger charge is -2.14. The van der Waals surface area contributed by atoms with Gasteiger partial charge < -0.3 is 20.5 Å². The van der Waals surface area contributed by atoms with Crippen LogP contribution in [0.3, 0.4) is 0 Å². The van der Waals surface area contributed by atoms with E-state index in [0.717, 1.165) is 11.1 Å². The third-order valence-corrected chi connectivity index (χ3v) is 4.39. The lowest BCUT2D eigenvalue weighted by molar-refractivity contribution is -0.120.